The monoisotopic (exact) mass is 247 g/mol. The first kappa shape index (κ1) is 12.4. The molecule has 0 aliphatic rings. The number of H-pyrrole nitrogens is 1. The van der Waals surface area contributed by atoms with Gasteiger partial charge in [-0.3, -0.25) is 5.10 Å². The summed E-state index contributed by atoms with van der Waals surface area (Å²) in [6, 6.07) is 5.46. The topological polar surface area (TPSA) is 70.2 Å². The van der Waals surface area contributed by atoms with Gasteiger partial charge in [-0.25, -0.2) is 0 Å². The Labute approximate surface area is 106 Å². The highest BCUT2D eigenvalue weighted by Gasteiger charge is 2.07. The van der Waals surface area contributed by atoms with Crippen LogP contribution in [0.2, 0.25) is 0 Å². The van der Waals surface area contributed by atoms with Gasteiger partial charge in [0.15, 0.2) is 11.5 Å². The molecule has 3 N–H and O–H groups in total. The van der Waals surface area contributed by atoms with Crippen molar-refractivity contribution in [3.05, 3.63) is 41.2 Å². The highest BCUT2D eigenvalue weighted by atomic mass is 16.5. The van der Waals surface area contributed by atoms with Gasteiger partial charge in [0, 0.05) is 29.9 Å². The van der Waals surface area contributed by atoms with Crippen LogP contribution in [0.15, 0.2) is 24.4 Å². The lowest BCUT2D eigenvalue weighted by Crippen LogP contribution is -2.13. The number of phenols is 1. The number of hydrogen-bond donors (Lipinski definition) is 3. The summed E-state index contributed by atoms with van der Waals surface area (Å²) in [5.74, 6) is 0.685. The molecular weight excluding hydrogens is 230 g/mol. The predicted molar refractivity (Wildman–Crippen MR) is 68.5 cm³/mol. The van der Waals surface area contributed by atoms with Crippen molar-refractivity contribution in [2.45, 2.75) is 20.0 Å². The zero-order valence-electron chi connectivity index (χ0n) is 10.5. The number of benzene rings is 1. The standard InChI is InChI=1S/C13H17N3O2/c1-9-11(8-15-16-9)7-14-6-10-4-3-5-12(18-2)13(10)17/h3-5,8,14,17H,6-7H2,1-2H3,(H,15,16). The molecule has 96 valence electrons. The molecule has 18 heavy (non-hydrogen) atoms. The Bertz CT molecular complexity index is 523. The minimum atomic E-state index is 0.191. The lowest BCUT2D eigenvalue weighted by molar-refractivity contribution is 0.369. The van der Waals surface area contributed by atoms with Crippen LogP contribution in [-0.2, 0) is 13.1 Å². The molecule has 0 atom stereocenters. The molecule has 1 aromatic heterocycles. The first-order chi connectivity index (χ1) is 8.72. The number of phenolic OH excluding ortho intramolecular Hbond substituents is 1. The normalized spacial score (nSPS) is 10.6. The van der Waals surface area contributed by atoms with Crippen LogP contribution in [0, 0.1) is 6.92 Å². The van der Waals surface area contributed by atoms with Crippen molar-refractivity contribution in [3.63, 3.8) is 0 Å². The number of rotatable bonds is 5. The SMILES string of the molecule is COc1cccc(CNCc2cn[nH]c2C)c1O. The molecule has 0 aliphatic carbocycles. The van der Waals surface area contributed by atoms with Crippen LogP contribution in [0.5, 0.6) is 11.5 Å². The van der Waals surface area contributed by atoms with Gasteiger partial charge in [-0.15, -0.1) is 0 Å². The third kappa shape index (κ3) is 2.62. The number of nitrogens with zero attached hydrogens (tertiary/aromatic N) is 1. The second-order valence-corrected chi connectivity index (χ2v) is 4.09. The molecule has 0 saturated carbocycles. The average molecular weight is 247 g/mol. The van der Waals surface area contributed by atoms with Crippen LogP contribution in [0.3, 0.4) is 0 Å². The Hall–Kier alpha value is -2.01. The molecule has 0 aliphatic heterocycles. The van der Waals surface area contributed by atoms with E-state index in [0.29, 0.717) is 18.8 Å². The van der Waals surface area contributed by atoms with E-state index in [1.807, 2.05) is 19.1 Å². The van der Waals surface area contributed by atoms with E-state index in [1.54, 1.807) is 19.4 Å². The third-order valence-electron chi connectivity index (χ3n) is 2.87. The molecule has 2 aromatic rings. The summed E-state index contributed by atoms with van der Waals surface area (Å²) in [6.07, 6.45) is 1.80. The highest BCUT2D eigenvalue weighted by molar-refractivity contribution is 5.45. The van der Waals surface area contributed by atoms with E-state index in [1.165, 1.54) is 0 Å². The van der Waals surface area contributed by atoms with Gasteiger partial charge in [0.2, 0.25) is 0 Å². The molecule has 2 rings (SSSR count). The van der Waals surface area contributed by atoms with E-state index >= 15 is 0 Å². The van der Waals surface area contributed by atoms with Gasteiger partial charge in [0.25, 0.3) is 0 Å². The van der Waals surface area contributed by atoms with Crippen LogP contribution >= 0.6 is 0 Å². The number of aromatic nitrogens is 2. The van der Waals surface area contributed by atoms with Crippen molar-refractivity contribution < 1.29 is 9.84 Å². The fourth-order valence-corrected chi connectivity index (χ4v) is 1.76. The lowest BCUT2D eigenvalue weighted by Gasteiger charge is -2.09. The Morgan fingerprint density at radius 3 is 2.78 bits per heavy atom. The van der Waals surface area contributed by atoms with E-state index in [0.717, 1.165) is 16.8 Å². The largest absolute Gasteiger partial charge is 0.504 e. The molecule has 5 heteroatoms. The van der Waals surface area contributed by atoms with Gasteiger partial charge in [-0.2, -0.15) is 5.10 Å². The van der Waals surface area contributed by atoms with Crippen molar-refractivity contribution >= 4 is 0 Å². The fourth-order valence-electron chi connectivity index (χ4n) is 1.76. The fraction of sp³-hybridized carbons (Fsp3) is 0.308. The number of methoxy groups -OCH3 is 1. The Morgan fingerprint density at radius 1 is 1.33 bits per heavy atom. The smallest absolute Gasteiger partial charge is 0.162 e. The Balaban J connectivity index is 1.96. The summed E-state index contributed by atoms with van der Waals surface area (Å²) >= 11 is 0. The number of para-hydroxylation sites is 1. The average Bonchev–Trinajstić information content (AvgIpc) is 2.77. The van der Waals surface area contributed by atoms with Crippen LogP contribution in [-0.4, -0.2) is 22.4 Å². The molecule has 0 saturated heterocycles. The number of hydrogen-bond acceptors (Lipinski definition) is 4. The Kier molecular flexibility index (Phi) is 3.84. The van der Waals surface area contributed by atoms with Crippen molar-refractivity contribution in [3.8, 4) is 11.5 Å². The maximum absolute atomic E-state index is 9.92. The van der Waals surface area contributed by atoms with Gasteiger partial charge in [-0.1, -0.05) is 12.1 Å². The van der Waals surface area contributed by atoms with Gasteiger partial charge >= 0.3 is 0 Å². The number of aryl methyl sites for hydroxylation is 1. The maximum atomic E-state index is 9.92. The van der Waals surface area contributed by atoms with Crippen LogP contribution in [0.25, 0.3) is 0 Å². The Morgan fingerprint density at radius 2 is 2.11 bits per heavy atom. The summed E-state index contributed by atoms with van der Waals surface area (Å²) in [7, 11) is 1.54. The second-order valence-electron chi connectivity index (χ2n) is 4.09. The number of aromatic hydroxyl groups is 1. The summed E-state index contributed by atoms with van der Waals surface area (Å²) in [6.45, 7) is 3.26. The van der Waals surface area contributed by atoms with Crippen molar-refractivity contribution in [2.24, 2.45) is 0 Å². The molecule has 0 radical (unpaired) electrons. The van der Waals surface area contributed by atoms with E-state index in [4.69, 9.17) is 4.74 Å². The van der Waals surface area contributed by atoms with Gasteiger partial charge in [0.05, 0.1) is 13.3 Å². The predicted octanol–water partition coefficient (Wildman–Crippen LogP) is 1.72. The quantitative estimate of drug-likeness (QED) is 0.752. The molecule has 1 heterocycles. The summed E-state index contributed by atoms with van der Waals surface area (Å²) in [5, 5.41) is 20.0. The van der Waals surface area contributed by atoms with Crippen molar-refractivity contribution in [1.82, 2.24) is 15.5 Å². The maximum Gasteiger partial charge on any atom is 0.162 e. The number of aromatic amines is 1. The summed E-state index contributed by atoms with van der Waals surface area (Å²) in [5.41, 5.74) is 2.99. The molecule has 0 spiro atoms. The minimum Gasteiger partial charge on any atom is -0.504 e. The zero-order valence-corrected chi connectivity index (χ0v) is 10.5. The first-order valence-electron chi connectivity index (χ1n) is 5.76. The summed E-state index contributed by atoms with van der Waals surface area (Å²) < 4.78 is 5.06. The van der Waals surface area contributed by atoms with E-state index in [9.17, 15) is 5.11 Å². The molecule has 1 aromatic carbocycles. The van der Waals surface area contributed by atoms with Gasteiger partial charge in [-0.05, 0) is 13.0 Å². The van der Waals surface area contributed by atoms with Crippen molar-refractivity contribution in [1.29, 1.82) is 0 Å². The first-order valence-corrected chi connectivity index (χ1v) is 5.76. The second kappa shape index (κ2) is 5.55. The molecule has 0 amide bonds. The number of nitrogens with one attached hydrogen (secondary N) is 2. The van der Waals surface area contributed by atoms with Gasteiger partial charge < -0.3 is 15.2 Å². The molecule has 0 unspecified atom stereocenters. The molecule has 0 fully saturated rings. The van der Waals surface area contributed by atoms with Crippen LogP contribution in [0.4, 0.5) is 0 Å². The zero-order chi connectivity index (χ0) is 13.0. The van der Waals surface area contributed by atoms with Crippen LogP contribution < -0.4 is 10.1 Å². The van der Waals surface area contributed by atoms with E-state index in [-0.39, 0.29) is 5.75 Å². The third-order valence-corrected chi connectivity index (χ3v) is 2.87. The number of ether oxygens (including phenoxy) is 1. The van der Waals surface area contributed by atoms with E-state index in [2.05, 4.69) is 15.5 Å². The van der Waals surface area contributed by atoms with Crippen LogP contribution in [0.1, 0.15) is 16.8 Å². The summed E-state index contributed by atoms with van der Waals surface area (Å²) in [4.78, 5) is 0. The molecule has 0 bridgehead atoms. The molecule has 5 nitrogen and oxygen atoms in total. The lowest BCUT2D eigenvalue weighted by atomic mass is 10.2. The highest BCUT2D eigenvalue weighted by Crippen LogP contribution is 2.29. The van der Waals surface area contributed by atoms with Crippen molar-refractivity contribution in [2.75, 3.05) is 7.11 Å². The molecular formula is C13H17N3O2. The minimum absolute atomic E-state index is 0.191. The van der Waals surface area contributed by atoms with E-state index < -0.39 is 0 Å². The van der Waals surface area contributed by atoms with Gasteiger partial charge in [0.1, 0.15) is 0 Å².